The highest BCUT2D eigenvalue weighted by Crippen LogP contribution is 2.27. The lowest BCUT2D eigenvalue weighted by Crippen LogP contribution is -2.44. The number of hydrogen-bond acceptors (Lipinski definition) is 4. The summed E-state index contributed by atoms with van der Waals surface area (Å²) in [6.07, 6.45) is 1.53. The minimum atomic E-state index is -3.72. The third-order valence-corrected chi connectivity index (χ3v) is 6.18. The monoisotopic (exact) mass is 379 g/mol. The average Bonchev–Trinajstić information content (AvgIpc) is 2.43. The van der Waals surface area contributed by atoms with Gasteiger partial charge in [-0.3, -0.25) is 0 Å². The van der Waals surface area contributed by atoms with Crippen LogP contribution in [0.4, 0.5) is 10.1 Å². The van der Waals surface area contributed by atoms with Crippen molar-refractivity contribution in [3.63, 3.8) is 0 Å². The lowest BCUT2D eigenvalue weighted by atomic mass is 10.1. The van der Waals surface area contributed by atoms with Gasteiger partial charge < -0.3 is 10.6 Å². The maximum Gasteiger partial charge on any atom is 0.242 e. The largest absolute Gasteiger partial charge is 0.396 e. The minimum Gasteiger partial charge on any atom is -0.396 e. The molecule has 0 spiro atoms. The molecule has 0 aliphatic carbocycles. The number of hydrogen-bond donors (Lipinski definition) is 2. The molecule has 1 aliphatic rings. The third-order valence-electron chi connectivity index (χ3n) is 3.70. The first-order chi connectivity index (χ1) is 9.83. The Labute approximate surface area is 132 Å². The van der Waals surface area contributed by atoms with Crippen LogP contribution in [0.1, 0.15) is 19.8 Å². The van der Waals surface area contributed by atoms with Crippen molar-refractivity contribution in [2.24, 2.45) is 0 Å². The molecule has 21 heavy (non-hydrogen) atoms. The van der Waals surface area contributed by atoms with Crippen LogP contribution in [0, 0.1) is 5.82 Å². The van der Waals surface area contributed by atoms with Gasteiger partial charge in [0.1, 0.15) is 5.82 Å². The van der Waals surface area contributed by atoms with Gasteiger partial charge in [0.25, 0.3) is 0 Å². The lowest BCUT2D eigenvalue weighted by Gasteiger charge is -2.31. The van der Waals surface area contributed by atoms with E-state index in [0.717, 1.165) is 44.6 Å². The van der Waals surface area contributed by atoms with Crippen molar-refractivity contribution in [3.8, 4) is 0 Å². The van der Waals surface area contributed by atoms with E-state index in [1.165, 1.54) is 0 Å². The Kier molecular flexibility index (Phi) is 5.24. The number of nitrogens with two attached hydrogens (primary N) is 1. The van der Waals surface area contributed by atoms with Gasteiger partial charge in [-0.15, -0.1) is 0 Å². The molecule has 2 rings (SSSR count). The quantitative estimate of drug-likeness (QED) is 0.783. The van der Waals surface area contributed by atoms with E-state index in [2.05, 4.69) is 32.5 Å². The Morgan fingerprint density at radius 3 is 2.62 bits per heavy atom. The van der Waals surface area contributed by atoms with Gasteiger partial charge in [0, 0.05) is 10.5 Å². The topological polar surface area (TPSA) is 75.4 Å². The van der Waals surface area contributed by atoms with E-state index >= 15 is 0 Å². The first-order valence-corrected chi connectivity index (χ1v) is 9.10. The van der Waals surface area contributed by atoms with Gasteiger partial charge in [-0.2, -0.15) is 0 Å². The number of halogens is 2. The zero-order chi connectivity index (χ0) is 15.6. The van der Waals surface area contributed by atoms with Crippen molar-refractivity contribution < 1.29 is 12.8 Å². The molecule has 0 aromatic heterocycles. The molecule has 8 heteroatoms. The number of nitrogen functional groups attached to an aromatic ring is 1. The summed E-state index contributed by atoms with van der Waals surface area (Å²) < 4.78 is 41.0. The molecule has 0 bridgehead atoms. The second-order valence-corrected chi connectivity index (χ2v) is 7.67. The smallest absolute Gasteiger partial charge is 0.242 e. The summed E-state index contributed by atoms with van der Waals surface area (Å²) in [5.74, 6) is -0.642. The molecule has 1 aromatic rings. The van der Waals surface area contributed by atoms with Crippen LogP contribution in [0.3, 0.4) is 0 Å². The number of benzene rings is 1. The van der Waals surface area contributed by atoms with Crippen LogP contribution in [-0.2, 0) is 10.0 Å². The minimum absolute atomic E-state index is 0.0284. The van der Waals surface area contributed by atoms with Gasteiger partial charge in [0.05, 0.1) is 10.6 Å². The molecule has 3 N–H and O–H groups in total. The Morgan fingerprint density at radius 1 is 1.43 bits per heavy atom. The van der Waals surface area contributed by atoms with E-state index in [1.54, 1.807) is 0 Å². The number of nitrogens with zero attached hydrogens (tertiary/aromatic N) is 1. The van der Waals surface area contributed by atoms with Crippen LogP contribution in [-0.4, -0.2) is 39.0 Å². The fraction of sp³-hybridized carbons (Fsp3) is 0.538. The van der Waals surface area contributed by atoms with Crippen molar-refractivity contribution in [2.45, 2.75) is 30.7 Å². The second kappa shape index (κ2) is 6.60. The predicted octanol–water partition coefficient (Wildman–Crippen LogP) is 1.93. The van der Waals surface area contributed by atoms with E-state index in [1.807, 2.05) is 0 Å². The molecule has 118 valence electrons. The van der Waals surface area contributed by atoms with Gasteiger partial charge in [-0.1, -0.05) is 6.92 Å². The standard InChI is InChI=1S/C13H19BrFN3O2S/c1-2-18-5-3-9(4-6-18)17-21(19,20)13-8-12(16)11(15)7-10(13)14/h7-9,17H,2-6,16H2,1H3. The Morgan fingerprint density at radius 2 is 2.05 bits per heavy atom. The number of sulfonamides is 1. The Hall–Kier alpha value is -0.700. The summed E-state index contributed by atoms with van der Waals surface area (Å²) >= 11 is 3.08. The zero-order valence-corrected chi connectivity index (χ0v) is 14.2. The summed E-state index contributed by atoms with van der Waals surface area (Å²) in [6.45, 7) is 4.80. The van der Waals surface area contributed by atoms with Crippen molar-refractivity contribution >= 4 is 31.6 Å². The number of nitrogens with one attached hydrogen (secondary N) is 1. The van der Waals surface area contributed by atoms with Crippen molar-refractivity contribution in [1.82, 2.24) is 9.62 Å². The van der Waals surface area contributed by atoms with Crippen LogP contribution in [0.5, 0.6) is 0 Å². The van der Waals surface area contributed by atoms with Gasteiger partial charge in [-0.25, -0.2) is 17.5 Å². The van der Waals surface area contributed by atoms with E-state index in [9.17, 15) is 12.8 Å². The molecule has 1 heterocycles. The molecule has 1 aliphatic heterocycles. The van der Waals surface area contributed by atoms with Crippen LogP contribution < -0.4 is 10.5 Å². The van der Waals surface area contributed by atoms with Gasteiger partial charge in [-0.05, 0) is 60.5 Å². The van der Waals surface area contributed by atoms with Crippen molar-refractivity contribution in [1.29, 1.82) is 0 Å². The highest BCUT2D eigenvalue weighted by Gasteiger charge is 2.26. The zero-order valence-electron chi connectivity index (χ0n) is 11.8. The second-order valence-electron chi connectivity index (χ2n) is 5.13. The first-order valence-electron chi connectivity index (χ1n) is 6.82. The number of likely N-dealkylation sites (tertiary alicyclic amines) is 1. The van der Waals surface area contributed by atoms with Crippen LogP contribution in [0.2, 0.25) is 0 Å². The predicted molar refractivity (Wildman–Crippen MR) is 84.0 cm³/mol. The van der Waals surface area contributed by atoms with Gasteiger partial charge in [0.15, 0.2) is 0 Å². The summed E-state index contributed by atoms with van der Waals surface area (Å²) in [7, 11) is -3.72. The molecule has 0 radical (unpaired) electrons. The maximum atomic E-state index is 13.3. The fourth-order valence-corrected chi connectivity index (χ4v) is 4.75. The summed E-state index contributed by atoms with van der Waals surface area (Å²) in [6, 6.07) is 2.11. The SMILES string of the molecule is CCN1CCC(NS(=O)(=O)c2cc(N)c(F)cc2Br)CC1. The molecular formula is C13H19BrFN3O2S. The van der Waals surface area contributed by atoms with Crippen LogP contribution in [0.25, 0.3) is 0 Å². The molecule has 1 aromatic carbocycles. The maximum absolute atomic E-state index is 13.3. The molecule has 5 nitrogen and oxygen atoms in total. The summed E-state index contributed by atoms with van der Waals surface area (Å²) in [5, 5.41) is 0. The first kappa shape index (κ1) is 16.7. The molecule has 0 unspecified atom stereocenters. The highest BCUT2D eigenvalue weighted by molar-refractivity contribution is 9.10. The molecule has 0 amide bonds. The fourth-order valence-electron chi connectivity index (χ4n) is 2.40. The molecular weight excluding hydrogens is 361 g/mol. The molecule has 0 atom stereocenters. The van der Waals surface area contributed by atoms with E-state index in [4.69, 9.17) is 5.73 Å². The number of piperidine rings is 1. The van der Waals surface area contributed by atoms with E-state index in [0.29, 0.717) is 0 Å². The Balaban J connectivity index is 2.14. The summed E-state index contributed by atoms with van der Waals surface area (Å²) in [4.78, 5) is 2.25. The molecule has 1 fully saturated rings. The van der Waals surface area contributed by atoms with E-state index < -0.39 is 15.8 Å². The van der Waals surface area contributed by atoms with Gasteiger partial charge >= 0.3 is 0 Å². The van der Waals surface area contributed by atoms with Crippen LogP contribution in [0.15, 0.2) is 21.5 Å². The third kappa shape index (κ3) is 3.94. The van der Waals surface area contributed by atoms with Crippen molar-refractivity contribution in [2.75, 3.05) is 25.4 Å². The molecule has 0 saturated carbocycles. The average molecular weight is 380 g/mol. The Bertz CT molecular complexity index is 616. The highest BCUT2D eigenvalue weighted by atomic mass is 79.9. The van der Waals surface area contributed by atoms with Crippen molar-refractivity contribution in [3.05, 3.63) is 22.4 Å². The van der Waals surface area contributed by atoms with E-state index in [-0.39, 0.29) is 21.1 Å². The molecule has 1 saturated heterocycles. The number of rotatable bonds is 4. The number of anilines is 1. The normalized spacial score (nSPS) is 18.0. The van der Waals surface area contributed by atoms with Crippen LogP contribution >= 0.6 is 15.9 Å². The lowest BCUT2D eigenvalue weighted by molar-refractivity contribution is 0.217. The van der Waals surface area contributed by atoms with Gasteiger partial charge in [0.2, 0.25) is 10.0 Å². The summed E-state index contributed by atoms with van der Waals surface area (Å²) in [5.41, 5.74) is 5.28.